The zero-order valence-electron chi connectivity index (χ0n) is 24.7. The molecule has 0 bridgehead atoms. The molecule has 0 saturated carbocycles. The normalized spacial score (nSPS) is 11.6. The van der Waals surface area contributed by atoms with Gasteiger partial charge in [-0.15, -0.1) is 0 Å². The van der Waals surface area contributed by atoms with E-state index >= 15 is 0 Å². The first-order chi connectivity index (χ1) is 19.8. The minimum atomic E-state index is -0.724. The minimum absolute atomic E-state index is 0.0946. The molecule has 8 heteroatoms. The molecule has 0 heterocycles. The summed E-state index contributed by atoms with van der Waals surface area (Å²) in [5.41, 5.74) is 2.62. The van der Waals surface area contributed by atoms with E-state index in [0.717, 1.165) is 22.4 Å². The molecular formula is C33H42N2O6. The van der Waals surface area contributed by atoms with E-state index in [4.69, 9.17) is 18.9 Å². The zero-order valence-corrected chi connectivity index (χ0v) is 24.7. The van der Waals surface area contributed by atoms with Crippen LogP contribution in [0, 0.1) is 0 Å². The third-order valence-electron chi connectivity index (χ3n) is 6.66. The first kappa shape index (κ1) is 31.5. The number of amides is 2. The van der Waals surface area contributed by atoms with Gasteiger partial charge in [0.2, 0.25) is 11.8 Å². The summed E-state index contributed by atoms with van der Waals surface area (Å²) >= 11 is 0. The topological polar surface area (TPSA) is 86.3 Å². The number of ether oxygens (including phenoxy) is 4. The van der Waals surface area contributed by atoms with Gasteiger partial charge >= 0.3 is 0 Å². The molecule has 0 aromatic heterocycles. The van der Waals surface area contributed by atoms with Crippen molar-refractivity contribution < 1.29 is 28.5 Å². The van der Waals surface area contributed by atoms with Crippen LogP contribution in [0.25, 0.3) is 0 Å². The van der Waals surface area contributed by atoms with Gasteiger partial charge in [-0.2, -0.15) is 0 Å². The quantitative estimate of drug-likeness (QED) is 0.252. The van der Waals surface area contributed by atoms with Crippen molar-refractivity contribution in [2.45, 2.75) is 51.8 Å². The fraction of sp³-hybridized carbons (Fsp3) is 0.394. The molecule has 0 radical (unpaired) electrons. The lowest BCUT2D eigenvalue weighted by Gasteiger charge is -2.32. The highest BCUT2D eigenvalue weighted by atomic mass is 16.5. The van der Waals surface area contributed by atoms with Crippen LogP contribution in [0.15, 0.2) is 72.8 Å². The van der Waals surface area contributed by atoms with Crippen LogP contribution in [0.5, 0.6) is 17.2 Å². The van der Waals surface area contributed by atoms with Gasteiger partial charge in [0.15, 0.2) is 11.5 Å². The Balaban J connectivity index is 1.91. The van der Waals surface area contributed by atoms with Crippen LogP contribution in [0.2, 0.25) is 0 Å². The number of carbonyl (C=O) groups is 2. The number of hydrogen-bond acceptors (Lipinski definition) is 6. The van der Waals surface area contributed by atoms with Crippen molar-refractivity contribution in [3.63, 3.8) is 0 Å². The third kappa shape index (κ3) is 9.83. The number of nitrogens with zero attached hydrogens (tertiary/aromatic N) is 1. The van der Waals surface area contributed by atoms with E-state index in [1.54, 1.807) is 38.4 Å². The van der Waals surface area contributed by atoms with E-state index in [0.29, 0.717) is 37.5 Å². The van der Waals surface area contributed by atoms with Gasteiger partial charge < -0.3 is 29.2 Å². The number of benzene rings is 3. The summed E-state index contributed by atoms with van der Waals surface area (Å²) in [7, 11) is 4.74. The van der Waals surface area contributed by atoms with Crippen molar-refractivity contribution in [3.05, 3.63) is 89.5 Å². The second-order valence-electron chi connectivity index (χ2n) is 10.0. The Kier molecular flexibility index (Phi) is 12.5. The molecule has 1 atom stereocenters. The maximum atomic E-state index is 14.0. The fourth-order valence-electron chi connectivity index (χ4n) is 4.47. The second-order valence-corrected chi connectivity index (χ2v) is 10.0. The van der Waals surface area contributed by atoms with Gasteiger partial charge in [0.25, 0.3) is 0 Å². The highest BCUT2D eigenvalue weighted by molar-refractivity contribution is 5.89. The second kappa shape index (κ2) is 16.3. The summed E-state index contributed by atoms with van der Waals surface area (Å²) in [5.74, 6) is 1.47. The van der Waals surface area contributed by atoms with E-state index in [1.807, 2.05) is 74.5 Å². The van der Waals surface area contributed by atoms with E-state index in [9.17, 15) is 9.59 Å². The molecule has 220 valence electrons. The van der Waals surface area contributed by atoms with Gasteiger partial charge in [-0.1, -0.05) is 48.5 Å². The van der Waals surface area contributed by atoms with Crippen LogP contribution in [0.3, 0.4) is 0 Å². The largest absolute Gasteiger partial charge is 0.497 e. The van der Waals surface area contributed by atoms with Crippen LogP contribution < -0.4 is 19.5 Å². The van der Waals surface area contributed by atoms with E-state index < -0.39 is 6.04 Å². The SMILES string of the molecule is COc1ccc(CN(C(=O)Cc2ccc(OC)c(OC)c2)[C@@H](Cc2ccccc2)C(=O)NCCCOC(C)C)cc1. The summed E-state index contributed by atoms with van der Waals surface area (Å²) in [4.78, 5) is 29.4. The molecule has 0 aliphatic heterocycles. The summed E-state index contributed by atoms with van der Waals surface area (Å²) in [5, 5.41) is 3.04. The summed E-state index contributed by atoms with van der Waals surface area (Å²) < 4.78 is 21.7. The van der Waals surface area contributed by atoms with Crippen LogP contribution in [0.4, 0.5) is 0 Å². The predicted octanol–water partition coefficient (Wildman–Crippen LogP) is 4.83. The molecule has 0 aliphatic carbocycles. The molecule has 0 aliphatic rings. The number of nitrogens with one attached hydrogen (secondary N) is 1. The van der Waals surface area contributed by atoms with Crippen molar-refractivity contribution in [2.75, 3.05) is 34.5 Å². The maximum Gasteiger partial charge on any atom is 0.243 e. The average molecular weight is 563 g/mol. The zero-order chi connectivity index (χ0) is 29.6. The smallest absolute Gasteiger partial charge is 0.243 e. The van der Waals surface area contributed by atoms with Crippen LogP contribution >= 0.6 is 0 Å². The average Bonchev–Trinajstić information content (AvgIpc) is 2.99. The van der Waals surface area contributed by atoms with Crippen LogP contribution in [-0.2, 0) is 33.7 Å². The predicted molar refractivity (Wildman–Crippen MR) is 159 cm³/mol. The van der Waals surface area contributed by atoms with E-state index in [2.05, 4.69) is 5.32 Å². The highest BCUT2D eigenvalue weighted by Crippen LogP contribution is 2.28. The molecular weight excluding hydrogens is 520 g/mol. The molecule has 3 aromatic rings. The molecule has 0 fully saturated rings. The highest BCUT2D eigenvalue weighted by Gasteiger charge is 2.30. The van der Waals surface area contributed by atoms with Gasteiger partial charge in [-0.25, -0.2) is 0 Å². The molecule has 41 heavy (non-hydrogen) atoms. The van der Waals surface area contributed by atoms with Crippen molar-refractivity contribution >= 4 is 11.8 Å². The lowest BCUT2D eigenvalue weighted by Crippen LogP contribution is -2.51. The van der Waals surface area contributed by atoms with Crippen molar-refractivity contribution in [3.8, 4) is 17.2 Å². The Morgan fingerprint density at radius 2 is 1.49 bits per heavy atom. The molecule has 2 amide bonds. The Labute approximate surface area is 243 Å². The summed E-state index contributed by atoms with van der Waals surface area (Å²) in [6.07, 6.45) is 1.28. The number of carbonyl (C=O) groups excluding carboxylic acids is 2. The Bertz CT molecular complexity index is 1230. The van der Waals surface area contributed by atoms with Crippen molar-refractivity contribution in [2.24, 2.45) is 0 Å². The van der Waals surface area contributed by atoms with E-state index in [1.165, 1.54) is 0 Å². The third-order valence-corrected chi connectivity index (χ3v) is 6.66. The van der Waals surface area contributed by atoms with Crippen molar-refractivity contribution in [1.29, 1.82) is 0 Å². The molecule has 8 nitrogen and oxygen atoms in total. The van der Waals surface area contributed by atoms with Gasteiger partial charge in [0.1, 0.15) is 11.8 Å². The molecule has 0 saturated heterocycles. The maximum absolute atomic E-state index is 14.0. The summed E-state index contributed by atoms with van der Waals surface area (Å²) in [6.45, 7) is 5.23. The lowest BCUT2D eigenvalue weighted by atomic mass is 10.0. The van der Waals surface area contributed by atoms with Crippen LogP contribution in [-0.4, -0.2) is 63.3 Å². The minimum Gasteiger partial charge on any atom is -0.497 e. The van der Waals surface area contributed by atoms with Gasteiger partial charge in [-0.05, 0) is 61.2 Å². The molecule has 0 spiro atoms. The Morgan fingerprint density at radius 3 is 2.12 bits per heavy atom. The number of methoxy groups -OCH3 is 3. The molecule has 1 N–H and O–H groups in total. The number of hydrogen-bond donors (Lipinski definition) is 1. The first-order valence-electron chi connectivity index (χ1n) is 13.9. The molecule has 3 rings (SSSR count). The number of rotatable bonds is 16. The molecule has 3 aromatic carbocycles. The first-order valence-corrected chi connectivity index (χ1v) is 13.9. The van der Waals surface area contributed by atoms with Crippen LogP contribution in [0.1, 0.15) is 37.0 Å². The summed E-state index contributed by atoms with van der Waals surface area (Å²) in [6, 6.07) is 22.0. The lowest BCUT2D eigenvalue weighted by molar-refractivity contribution is -0.140. The van der Waals surface area contributed by atoms with Gasteiger partial charge in [0, 0.05) is 26.1 Å². The van der Waals surface area contributed by atoms with Crippen molar-refractivity contribution in [1.82, 2.24) is 10.2 Å². The monoisotopic (exact) mass is 562 g/mol. The Hall–Kier alpha value is -4.04. The van der Waals surface area contributed by atoms with Gasteiger partial charge in [-0.3, -0.25) is 9.59 Å². The van der Waals surface area contributed by atoms with Gasteiger partial charge in [0.05, 0.1) is 33.9 Å². The Morgan fingerprint density at radius 1 is 0.805 bits per heavy atom. The standard InChI is InChI=1S/C33H42N2O6/c1-24(2)41-19-9-18-34-33(37)29(20-25-10-7-6-8-11-25)35(23-26-12-15-28(38-3)16-13-26)32(36)22-27-14-17-30(39-4)31(21-27)40-5/h6-8,10-17,21,24,29H,9,18-20,22-23H2,1-5H3,(H,34,37)/t29-/m0/s1. The molecule has 0 unspecified atom stereocenters. The fourth-order valence-corrected chi connectivity index (χ4v) is 4.47. The van der Waals surface area contributed by atoms with E-state index in [-0.39, 0.29) is 30.9 Å².